The highest BCUT2D eigenvalue weighted by Gasteiger charge is 2.18. The van der Waals surface area contributed by atoms with Crippen LogP contribution < -0.4 is 15.8 Å². The van der Waals surface area contributed by atoms with E-state index in [1.807, 2.05) is 6.26 Å². The van der Waals surface area contributed by atoms with Crippen molar-refractivity contribution in [2.45, 2.75) is 25.4 Å². The highest BCUT2D eigenvalue weighted by Crippen LogP contribution is 2.25. The molecule has 112 valence electrons. The molecular formula is C14H21FN2O2S. The van der Waals surface area contributed by atoms with E-state index in [0.29, 0.717) is 17.7 Å². The molecule has 1 amide bonds. The molecule has 0 saturated heterocycles. The maximum absolute atomic E-state index is 13.3. The molecule has 1 aromatic rings. The number of carbonyl (C=O) groups excluding carboxylic acids is 1. The van der Waals surface area contributed by atoms with Gasteiger partial charge in [-0.1, -0.05) is 0 Å². The number of methoxy groups -OCH3 is 1. The fraction of sp³-hybridized carbons (Fsp3) is 0.500. The van der Waals surface area contributed by atoms with Crippen molar-refractivity contribution >= 4 is 17.7 Å². The van der Waals surface area contributed by atoms with Gasteiger partial charge in [0, 0.05) is 5.56 Å². The van der Waals surface area contributed by atoms with Crippen molar-refractivity contribution in [3.05, 3.63) is 29.6 Å². The Labute approximate surface area is 123 Å². The molecule has 2 atom stereocenters. The Hall–Kier alpha value is -1.27. The lowest BCUT2D eigenvalue weighted by Gasteiger charge is -2.19. The van der Waals surface area contributed by atoms with E-state index in [9.17, 15) is 9.18 Å². The van der Waals surface area contributed by atoms with Gasteiger partial charge in [-0.25, -0.2) is 4.39 Å². The molecule has 0 saturated carbocycles. The molecule has 0 aliphatic heterocycles. The van der Waals surface area contributed by atoms with Gasteiger partial charge in [-0.05, 0) is 43.6 Å². The van der Waals surface area contributed by atoms with Crippen LogP contribution in [0.4, 0.5) is 4.39 Å². The highest BCUT2D eigenvalue weighted by molar-refractivity contribution is 7.98. The lowest BCUT2D eigenvalue weighted by Crippen LogP contribution is -2.42. The molecule has 0 aliphatic carbocycles. The summed E-state index contributed by atoms with van der Waals surface area (Å²) in [6, 6.07) is 3.30. The summed E-state index contributed by atoms with van der Waals surface area (Å²) in [6.45, 7) is 1.77. The predicted molar refractivity (Wildman–Crippen MR) is 80.5 cm³/mol. The number of carbonyl (C=O) groups is 1. The zero-order valence-corrected chi connectivity index (χ0v) is 12.8. The molecular weight excluding hydrogens is 279 g/mol. The number of nitrogens with two attached hydrogens (primary N) is 1. The van der Waals surface area contributed by atoms with Crippen molar-refractivity contribution in [1.82, 2.24) is 5.32 Å². The number of ether oxygens (including phenoxy) is 1. The predicted octanol–water partition coefficient (Wildman–Crippen LogP) is 2.09. The SMILES string of the molecule is COc1ccc(F)cc1C(C)NC(=O)[C@@H](N)CCSC. The fourth-order valence-corrected chi connectivity index (χ4v) is 2.31. The van der Waals surface area contributed by atoms with Gasteiger partial charge in [0.05, 0.1) is 19.2 Å². The van der Waals surface area contributed by atoms with Crippen molar-refractivity contribution in [3.8, 4) is 5.75 Å². The average molecular weight is 300 g/mol. The number of halogens is 1. The Bertz CT molecular complexity index is 457. The van der Waals surface area contributed by atoms with Crippen LogP contribution in [0.25, 0.3) is 0 Å². The molecule has 6 heteroatoms. The van der Waals surface area contributed by atoms with E-state index in [1.54, 1.807) is 24.8 Å². The molecule has 0 fully saturated rings. The monoisotopic (exact) mass is 300 g/mol. The summed E-state index contributed by atoms with van der Waals surface area (Å²) in [5.41, 5.74) is 6.39. The first-order chi connectivity index (χ1) is 9.49. The number of hydrogen-bond donors (Lipinski definition) is 2. The van der Waals surface area contributed by atoms with Crippen LogP contribution in [0.5, 0.6) is 5.75 Å². The molecule has 0 radical (unpaired) electrons. The number of thioether (sulfide) groups is 1. The summed E-state index contributed by atoms with van der Waals surface area (Å²) in [7, 11) is 1.51. The van der Waals surface area contributed by atoms with Crippen LogP contribution in [0.2, 0.25) is 0 Å². The van der Waals surface area contributed by atoms with Crippen molar-refractivity contribution in [2.75, 3.05) is 19.1 Å². The van der Waals surface area contributed by atoms with E-state index in [0.717, 1.165) is 5.75 Å². The molecule has 4 nitrogen and oxygen atoms in total. The molecule has 20 heavy (non-hydrogen) atoms. The summed E-state index contributed by atoms with van der Waals surface area (Å²) >= 11 is 1.64. The second-order valence-electron chi connectivity index (χ2n) is 4.50. The Morgan fingerprint density at radius 2 is 2.25 bits per heavy atom. The van der Waals surface area contributed by atoms with E-state index in [4.69, 9.17) is 10.5 Å². The van der Waals surface area contributed by atoms with Gasteiger partial charge in [0.25, 0.3) is 0 Å². The first kappa shape index (κ1) is 16.8. The topological polar surface area (TPSA) is 64.3 Å². The van der Waals surface area contributed by atoms with Crippen LogP contribution in [-0.4, -0.2) is 31.1 Å². The molecule has 3 N–H and O–H groups in total. The number of nitrogens with one attached hydrogen (secondary N) is 1. The van der Waals surface area contributed by atoms with E-state index in [1.165, 1.54) is 19.2 Å². The summed E-state index contributed by atoms with van der Waals surface area (Å²) in [5.74, 6) is 0.759. The second kappa shape index (κ2) is 8.11. The molecule has 0 bridgehead atoms. The summed E-state index contributed by atoms with van der Waals surface area (Å²) in [4.78, 5) is 11.9. The normalized spacial score (nSPS) is 13.7. The third-order valence-electron chi connectivity index (χ3n) is 2.99. The van der Waals surface area contributed by atoms with Crippen LogP contribution in [0, 0.1) is 5.82 Å². The van der Waals surface area contributed by atoms with Crippen LogP contribution in [-0.2, 0) is 4.79 Å². The minimum Gasteiger partial charge on any atom is -0.496 e. The quantitative estimate of drug-likeness (QED) is 0.809. The Morgan fingerprint density at radius 1 is 1.55 bits per heavy atom. The molecule has 1 rings (SSSR count). The number of rotatable bonds is 7. The fourth-order valence-electron chi connectivity index (χ4n) is 1.82. The molecule has 0 heterocycles. The smallest absolute Gasteiger partial charge is 0.237 e. The molecule has 1 aromatic carbocycles. The van der Waals surface area contributed by atoms with Crippen molar-refractivity contribution in [2.24, 2.45) is 5.73 Å². The molecule has 0 aromatic heterocycles. The van der Waals surface area contributed by atoms with E-state index < -0.39 is 6.04 Å². The minimum absolute atomic E-state index is 0.238. The largest absolute Gasteiger partial charge is 0.496 e. The van der Waals surface area contributed by atoms with E-state index >= 15 is 0 Å². The molecule has 1 unspecified atom stereocenters. The lowest BCUT2D eigenvalue weighted by atomic mass is 10.1. The van der Waals surface area contributed by atoms with Gasteiger partial charge in [-0.2, -0.15) is 11.8 Å². The second-order valence-corrected chi connectivity index (χ2v) is 5.49. The number of amides is 1. The van der Waals surface area contributed by atoms with Gasteiger partial charge in [-0.15, -0.1) is 0 Å². The van der Waals surface area contributed by atoms with E-state index in [2.05, 4.69) is 5.32 Å². The van der Waals surface area contributed by atoms with Crippen LogP contribution >= 0.6 is 11.8 Å². The van der Waals surface area contributed by atoms with Crippen LogP contribution in [0.1, 0.15) is 24.9 Å². The Morgan fingerprint density at radius 3 is 2.85 bits per heavy atom. The number of benzene rings is 1. The van der Waals surface area contributed by atoms with Crippen LogP contribution in [0.3, 0.4) is 0 Å². The third kappa shape index (κ3) is 4.68. The molecule has 0 aliphatic rings. The molecule has 0 spiro atoms. The highest BCUT2D eigenvalue weighted by atomic mass is 32.2. The first-order valence-electron chi connectivity index (χ1n) is 6.38. The van der Waals surface area contributed by atoms with Gasteiger partial charge < -0.3 is 15.8 Å². The Balaban J connectivity index is 2.73. The Kier molecular flexibility index (Phi) is 6.81. The zero-order valence-electron chi connectivity index (χ0n) is 12.0. The van der Waals surface area contributed by atoms with Gasteiger partial charge in [0.15, 0.2) is 0 Å². The van der Waals surface area contributed by atoms with E-state index in [-0.39, 0.29) is 17.8 Å². The maximum atomic E-state index is 13.3. The van der Waals surface area contributed by atoms with Gasteiger partial charge in [0.1, 0.15) is 11.6 Å². The van der Waals surface area contributed by atoms with Crippen molar-refractivity contribution in [3.63, 3.8) is 0 Å². The lowest BCUT2D eigenvalue weighted by molar-refractivity contribution is -0.123. The van der Waals surface area contributed by atoms with Crippen molar-refractivity contribution in [1.29, 1.82) is 0 Å². The number of hydrogen-bond acceptors (Lipinski definition) is 4. The summed E-state index contributed by atoms with van der Waals surface area (Å²) < 4.78 is 18.5. The summed E-state index contributed by atoms with van der Waals surface area (Å²) in [6.07, 6.45) is 2.57. The minimum atomic E-state index is -0.551. The van der Waals surface area contributed by atoms with Gasteiger partial charge in [-0.3, -0.25) is 4.79 Å². The average Bonchev–Trinajstić information content (AvgIpc) is 2.44. The third-order valence-corrected chi connectivity index (χ3v) is 3.63. The van der Waals surface area contributed by atoms with Gasteiger partial charge >= 0.3 is 0 Å². The summed E-state index contributed by atoms with van der Waals surface area (Å²) in [5, 5.41) is 2.79. The standard InChI is InChI=1S/C14H21FN2O2S/c1-9(17-14(18)12(16)6-7-20-3)11-8-10(15)4-5-13(11)19-2/h4-5,8-9,12H,6-7,16H2,1-3H3,(H,17,18)/t9?,12-/m0/s1. The maximum Gasteiger partial charge on any atom is 0.237 e. The van der Waals surface area contributed by atoms with Crippen molar-refractivity contribution < 1.29 is 13.9 Å². The van der Waals surface area contributed by atoms with Crippen LogP contribution in [0.15, 0.2) is 18.2 Å². The zero-order chi connectivity index (χ0) is 15.1. The van der Waals surface area contributed by atoms with Gasteiger partial charge in [0.2, 0.25) is 5.91 Å². The first-order valence-corrected chi connectivity index (χ1v) is 7.77.